The Morgan fingerprint density at radius 3 is 2.79 bits per heavy atom. The van der Waals surface area contributed by atoms with Crippen molar-refractivity contribution >= 4 is 17.5 Å². The van der Waals surface area contributed by atoms with Crippen LogP contribution in [0.4, 0.5) is 16.0 Å². The summed E-state index contributed by atoms with van der Waals surface area (Å²) in [6.45, 7) is 0. The number of aromatic nitrogens is 3. The van der Waals surface area contributed by atoms with E-state index < -0.39 is 22.3 Å². The Balaban J connectivity index is 2.25. The van der Waals surface area contributed by atoms with E-state index in [1.165, 1.54) is 12.4 Å². The van der Waals surface area contributed by atoms with Gasteiger partial charge in [0.15, 0.2) is 0 Å². The summed E-state index contributed by atoms with van der Waals surface area (Å²) in [6, 6.07) is 2.80. The Morgan fingerprint density at radius 2 is 2.16 bits per heavy atom. The van der Waals surface area contributed by atoms with E-state index in [4.69, 9.17) is 0 Å². The van der Waals surface area contributed by atoms with Gasteiger partial charge in [-0.3, -0.25) is 20.2 Å². The molecular weight excluding hydrogens is 257 g/mol. The van der Waals surface area contributed by atoms with Crippen LogP contribution in [0.3, 0.4) is 0 Å². The molecule has 0 spiro atoms. The van der Waals surface area contributed by atoms with Crippen molar-refractivity contribution in [1.29, 1.82) is 0 Å². The molecule has 1 heterocycles. The van der Waals surface area contributed by atoms with Crippen LogP contribution in [0.1, 0.15) is 10.4 Å². The standard InChI is InChI=1S/C10H6FN5O3/c11-7-2-1-6(5-8(7)16(18)19)9(17)14-10-12-3-4-13-15-10/h1-5H,(H,12,14,15,17). The third-order valence-corrected chi connectivity index (χ3v) is 2.11. The molecule has 0 atom stereocenters. The van der Waals surface area contributed by atoms with E-state index in [9.17, 15) is 19.3 Å². The normalized spacial score (nSPS) is 9.95. The van der Waals surface area contributed by atoms with Crippen molar-refractivity contribution in [3.05, 3.63) is 52.1 Å². The second-order valence-corrected chi connectivity index (χ2v) is 3.34. The largest absolute Gasteiger partial charge is 0.305 e. The van der Waals surface area contributed by atoms with Crippen molar-refractivity contribution in [3.63, 3.8) is 0 Å². The Morgan fingerprint density at radius 1 is 1.37 bits per heavy atom. The van der Waals surface area contributed by atoms with Crippen LogP contribution in [0.25, 0.3) is 0 Å². The number of nitrogens with one attached hydrogen (secondary N) is 1. The second-order valence-electron chi connectivity index (χ2n) is 3.34. The molecule has 0 fully saturated rings. The first-order valence-corrected chi connectivity index (χ1v) is 4.97. The van der Waals surface area contributed by atoms with Gasteiger partial charge in [0.2, 0.25) is 11.8 Å². The highest BCUT2D eigenvalue weighted by molar-refractivity contribution is 6.03. The summed E-state index contributed by atoms with van der Waals surface area (Å²) in [5, 5.41) is 19.8. The molecule has 2 aromatic rings. The van der Waals surface area contributed by atoms with Gasteiger partial charge >= 0.3 is 5.69 Å². The summed E-state index contributed by atoms with van der Waals surface area (Å²) in [6.07, 6.45) is 2.63. The summed E-state index contributed by atoms with van der Waals surface area (Å²) >= 11 is 0. The number of halogens is 1. The van der Waals surface area contributed by atoms with Crippen LogP contribution in [0.2, 0.25) is 0 Å². The van der Waals surface area contributed by atoms with Gasteiger partial charge in [0, 0.05) is 11.6 Å². The minimum atomic E-state index is -1.01. The molecule has 0 saturated carbocycles. The average Bonchev–Trinajstić information content (AvgIpc) is 2.40. The first-order valence-electron chi connectivity index (χ1n) is 4.97. The molecule has 0 aliphatic carbocycles. The van der Waals surface area contributed by atoms with Gasteiger partial charge in [0.1, 0.15) is 0 Å². The maximum Gasteiger partial charge on any atom is 0.305 e. The van der Waals surface area contributed by atoms with Crippen LogP contribution in [0.15, 0.2) is 30.6 Å². The first kappa shape index (κ1) is 12.5. The highest BCUT2D eigenvalue weighted by Crippen LogP contribution is 2.18. The lowest BCUT2D eigenvalue weighted by Gasteiger charge is -2.02. The molecule has 1 aromatic heterocycles. The molecule has 9 heteroatoms. The van der Waals surface area contributed by atoms with Crippen molar-refractivity contribution in [1.82, 2.24) is 15.2 Å². The maximum atomic E-state index is 13.1. The van der Waals surface area contributed by atoms with Gasteiger partial charge in [-0.1, -0.05) is 0 Å². The number of benzene rings is 1. The van der Waals surface area contributed by atoms with Crippen LogP contribution in [-0.4, -0.2) is 26.0 Å². The molecule has 1 amide bonds. The maximum absolute atomic E-state index is 13.1. The molecular formula is C10H6FN5O3. The molecule has 2 rings (SSSR count). The summed E-state index contributed by atoms with van der Waals surface area (Å²) in [7, 11) is 0. The number of nitro benzene ring substituents is 1. The third kappa shape index (κ3) is 2.83. The Bertz CT molecular complexity index is 634. The van der Waals surface area contributed by atoms with E-state index in [0.717, 1.165) is 18.2 Å². The predicted molar refractivity (Wildman–Crippen MR) is 60.8 cm³/mol. The molecule has 0 unspecified atom stereocenters. The van der Waals surface area contributed by atoms with E-state index in [0.29, 0.717) is 0 Å². The lowest BCUT2D eigenvalue weighted by Crippen LogP contribution is -2.14. The monoisotopic (exact) mass is 263 g/mol. The van der Waals surface area contributed by atoms with Gasteiger partial charge in [0.05, 0.1) is 17.3 Å². The van der Waals surface area contributed by atoms with Crippen molar-refractivity contribution in [3.8, 4) is 0 Å². The van der Waals surface area contributed by atoms with Crippen LogP contribution in [-0.2, 0) is 0 Å². The molecule has 1 aromatic carbocycles. The number of anilines is 1. The number of hydrogen-bond donors (Lipinski definition) is 1. The van der Waals surface area contributed by atoms with Gasteiger partial charge in [-0.25, -0.2) is 4.98 Å². The molecule has 19 heavy (non-hydrogen) atoms. The number of nitrogens with zero attached hydrogens (tertiary/aromatic N) is 4. The van der Waals surface area contributed by atoms with Gasteiger partial charge in [0.25, 0.3) is 5.91 Å². The Labute approximate surface area is 105 Å². The second kappa shape index (κ2) is 5.12. The number of nitro groups is 1. The van der Waals surface area contributed by atoms with E-state index in [1.807, 2.05) is 0 Å². The third-order valence-electron chi connectivity index (χ3n) is 2.11. The minimum Gasteiger partial charge on any atom is -0.289 e. The zero-order valence-corrected chi connectivity index (χ0v) is 9.28. The van der Waals surface area contributed by atoms with Gasteiger partial charge < -0.3 is 0 Å². The molecule has 96 valence electrons. The van der Waals surface area contributed by atoms with Gasteiger partial charge in [-0.2, -0.15) is 9.49 Å². The van der Waals surface area contributed by atoms with Crippen molar-refractivity contribution in [2.45, 2.75) is 0 Å². The quantitative estimate of drug-likeness (QED) is 0.657. The average molecular weight is 263 g/mol. The summed E-state index contributed by atoms with van der Waals surface area (Å²) in [5.74, 6) is -1.77. The predicted octanol–water partition coefficient (Wildman–Crippen LogP) is 1.17. The Kier molecular flexibility index (Phi) is 3.37. The number of rotatable bonds is 3. The minimum absolute atomic E-state index is 0.0560. The molecule has 8 nitrogen and oxygen atoms in total. The molecule has 0 saturated heterocycles. The fraction of sp³-hybridized carbons (Fsp3) is 0. The number of carbonyl (C=O) groups excluding carboxylic acids is 1. The van der Waals surface area contributed by atoms with Gasteiger partial charge in [-0.15, -0.1) is 5.10 Å². The van der Waals surface area contributed by atoms with Gasteiger partial charge in [-0.05, 0) is 12.1 Å². The lowest BCUT2D eigenvalue weighted by molar-refractivity contribution is -0.387. The van der Waals surface area contributed by atoms with Crippen LogP contribution in [0.5, 0.6) is 0 Å². The van der Waals surface area contributed by atoms with E-state index in [-0.39, 0.29) is 11.5 Å². The highest BCUT2D eigenvalue weighted by atomic mass is 19.1. The molecule has 0 aliphatic rings. The molecule has 0 radical (unpaired) electrons. The summed E-state index contributed by atoms with van der Waals surface area (Å²) in [4.78, 5) is 25.1. The highest BCUT2D eigenvalue weighted by Gasteiger charge is 2.17. The molecule has 1 N–H and O–H groups in total. The fourth-order valence-electron chi connectivity index (χ4n) is 1.27. The first-order chi connectivity index (χ1) is 9.08. The van der Waals surface area contributed by atoms with Crippen molar-refractivity contribution < 1.29 is 14.1 Å². The zero-order valence-electron chi connectivity index (χ0n) is 9.28. The zero-order chi connectivity index (χ0) is 13.8. The lowest BCUT2D eigenvalue weighted by atomic mass is 10.2. The van der Waals surface area contributed by atoms with E-state index in [1.54, 1.807) is 0 Å². The number of carbonyl (C=O) groups is 1. The van der Waals surface area contributed by atoms with Crippen LogP contribution >= 0.6 is 0 Å². The van der Waals surface area contributed by atoms with E-state index >= 15 is 0 Å². The van der Waals surface area contributed by atoms with Crippen LogP contribution < -0.4 is 5.32 Å². The van der Waals surface area contributed by atoms with Crippen molar-refractivity contribution in [2.75, 3.05) is 5.32 Å². The number of hydrogen-bond acceptors (Lipinski definition) is 6. The molecule has 0 bridgehead atoms. The number of amides is 1. The van der Waals surface area contributed by atoms with Crippen molar-refractivity contribution in [2.24, 2.45) is 0 Å². The smallest absolute Gasteiger partial charge is 0.289 e. The SMILES string of the molecule is O=C(Nc1nccnn1)c1ccc(F)c([N+](=O)[O-])c1. The summed E-state index contributed by atoms with van der Waals surface area (Å²) in [5.41, 5.74) is -0.861. The summed E-state index contributed by atoms with van der Waals surface area (Å²) < 4.78 is 13.1. The van der Waals surface area contributed by atoms with E-state index in [2.05, 4.69) is 20.5 Å². The molecule has 0 aliphatic heterocycles. The Hall–Kier alpha value is -2.97. The topological polar surface area (TPSA) is 111 Å². The van der Waals surface area contributed by atoms with Crippen LogP contribution in [0, 0.1) is 15.9 Å². The fourth-order valence-corrected chi connectivity index (χ4v) is 1.27.